The molecule has 8 nitrogen and oxygen atoms in total. The second kappa shape index (κ2) is 10.4. The average molecular weight is 493 g/mol. The number of rotatable bonds is 8. The van der Waals surface area contributed by atoms with Crippen LogP contribution in [0.15, 0.2) is 52.1 Å². The molecule has 1 N–H and O–H groups in total. The predicted molar refractivity (Wildman–Crippen MR) is 140 cm³/mol. The molecule has 0 saturated heterocycles. The highest BCUT2D eigenvalue weighted by atomic mass is 32.2. The summed E-state index contributed by atoms with van der Waals surface area (Å²) in [5, 5.41) is 15.6. The zero-order valence-corrected chi connectivity index (χ0v) is 21.2. The molecule has 182 valence electrons. The molecular formula is C26H28N4O4S. The van der Waals surface area contributed by atoms with Crippen molar-refractivity contribution in [3.8, 4) is 17.2 Å². The van der Waals surface area contributed by atoms with E-state index >= 15 is 0 Å². The minimum atomic E-state index is -0.461. The number of ether oxygens (including phenoxy) is 3. The van der Waals surface area contributed by atoms with Crippen LogP contribution in [0.2, 0.25) is 0 Å². The summed E-state index contributed by atoms with van der Waals surface area (Å²) in [7, 11) is 1.55. The van der Waals surface area contributed by atoms with Gasteiger partial charge in [-0.3, -0.25) is 10.2 Å². The maximum absolute atomic E-state index is 12.6. The highest BCUT2D eigenvalue weighted by Crippen LogP contribution is 2.32. The number of hydrogen-bond acceptors (Lipinski definition) is 7. The summed E-state index contributed by atoms with van der Waals surface area (Å²) in [6, 6.07) is 11.4. The minimum Gasteiger partial charge on any atom is -0.493 e. The molecule has 2 aromatic carbocycles. The zero-order chi connectivity index (χ0) is 25.1. The molecule has 1 amide bonds. The Bertz CT molecular complexity index is 1270. The van der Waals surface area contributed by atoms with Crippen LogP contribution < -0.4 is 14.2 Å². The molecule has 2 aliphatic heterocycles. The van der Waals surface area contributed by atoms with Crippen LogP contribution in [0, 0.1) is 25.2 Å². The molecule has 0 fully saturated rings. The van der Waals surface area contributed by atoms with Crippen molar-refractivity contribution in [1.82, 2.24) is 5.01 Å². The Hall–Kier alpha value is -3.59. The number of aliphatic imine (C=N–C) groups is 1. The molecule has 2 aliphatic rings. The summed E-state index contributed by atoms with van der Waals surface area (Å²) in [6.07, 6.45) is 1.62. The number of fused-ring (bicyclic) bond motifs is 1. The van der Waals surface area contributed by atoms with E-state index in [1.165, 1.54) is 22.3 Å². The predicted octanol–water partition coefficient (Wildman–Crippen LogP) is 5.05. The van der Waals surface area contributed by atoms with Crippen LogP contribution in [0.25, 0.3) is 6.08 Å². The van der Waals surface area contributed by atoms with Crippen molar-refractivity contribution in [3.63, 3.8) is 0 Å². The highest BCUT2D eigenvalue weighted by molar-refractivity contribution is 8.27. The highest BCUT2D eigenvalue weighted by Gasteiger charge is 2.36. The van der Waals surface area contributed by atoms with Gasteiger partial charge in [-0.15, -0.1) is 0 Å². The number of benzene rings is 2. The van der Waals surface area contributed by atoms with E-state index in [2.05, 4.69) is 16.2 Å². The third-order valence-corrected chi connectivity index (χ3v) is 6.60. The van der Waals surface area contributed by atoms with E-state index in [4.69, 9.17) is 19.6 Å². The SMILES string of the molecule is COc1cc(/C=C2/C(=N)N3N=C(C(C)C)SC3=NC2=O)ccc1OCCOc1ccc(C)cc1C. The van der Waals surface area contributed by atoms with Gasteiger partial charge in [-0.05, 0) is 61.0 Å². The number of amidine groups is 2. The summed E-state index contributed by atoms with van der Waals surface area (Å²) in [6.45, 7) is 8.81. The quantitative estimate of drug-likeness (QED) is 0.409. The minimum absolute atomic E-state index is 0.00555. The number of carbonyl (C=O) groups is 1. The van der Waals surface area contributed by atoms with E-state index in [0.717, 1.165) is 16.4 Å². The third-order valence-electron chi connectivity index (χ3n) is 5.39. The van der Waals surface area contributed by atoms with Gasteiger partial charge in [-0.1, -0.05) is 37.6 Å². The van der Waals surface area contributed by atoms with Gasteiger partial charge in [-0.25, -0.2) is 0 Å². The second-order valence-electron chi connectivity index (χ2n) is 8.49. The molecule has 0 saturated carbocycles. The zero-order valence-electron chi connectivity index (χ0n) is 20.4. The van der Waals surface area contributed by atoms with Crippen LogP contribution in [0.5, 0.6) is 17.2 Å². The number of nitrogens with zero attached hydrogens (tertiary/aromatic N) is 3. The van der Waals surface area contributed by atoms with Gasteiger partial charge in [0.05, 0.1) is 12.7 Å². The first-order valence-electron chi connectivity index (χ1n) is 11.3. The van der Waals surface area contributed by atoms with Gasteiger partial charge < -0.3 is 14.2 Å². The Labute approximate surface area is 209 Å². The lowest BCUT2D eigenvalue weighted by Gasteiger charge is -2.20. The van der Waals surface area contributed by atoms with Gasteiger partial charge in [0.2, 0.25) is 5.17 Å². The molecule has 9 heteroatoms. The largest absolute Gasteiger partial charge is 0.493 e. The Morgan fingerprint density at radius 1 is 1.06 bits per heavy atom. The number of hydrazone groups is 1. The van der Waals surface area contributed by atoms with Crippen molar-refractivity contribution >= 4 is 39.8 Å². The van der Waals surface area contributed by atoms with Gasteiger partial charge in [0.25, 0.3) is 5.91 Å². The number of nitrogens with one attached hydrogen (secondary N) is 1. The number of hydrogen-bond donors (Lipinski definition) is 1. The monoisotopic (exact) mass is 492 g/mol. The van der Waals surface area contributed by atoms with Crippen LogP contribution in [-0.4, -0.2) is 47.3 Å². The Balaban J connectivity index is 1.44. The number of amides is 1. The fraction of sp³-hybridized carbons (Fsp3) is 0.308. The van der Waals surface area contributed by atoms with Crippen molar-refractivity contribution in [1.29, 1.82) is 5.41 Å². The maximum atomic E-state index is 12.6. The summed E-state index contributed by atoms with van der Waals surface area (Å²) in [5.41, 5.74) is 3.13. The molecule has 0 aliphatic carbocycles. The van der Waals surface area contributed by atoms with Gasteiger partial charge in [0.1, 0.15) is 24.0 Å². The first-order valence-corrected chi connectivity index (χ1v) is 12.1. The molecule has 0 unspecified atom stereocenters. The molecule has 2 aromatic rings. The summed E-state index contributed by atoms with van der Waals surface area (Å²) in [5.74, 6) is 1.64. The van der Waals surface area contributed by atoms with Gasteiger partial charge in [-0.2, -0.15) is 15.1 Å². The van der Waals surface area contributed by atoms with Crippen LogP contribution in [0.1, 0.15) is 30.5 Å². The molecule has 0 radical (unpaired) electrons. The number of methoxy groups -OCH3 is 1. The Morgan fingerprint density at radius 2 is 1.77 bits per heavy atom. The Kier molecular flexibility index (Phi) is 7.25. The van der Waals surface area contributed by atoms with Crippen molar-refractivity contribution in [3.05, 3.63) is 58.7 Å². The standard InChI is InChI=1S/C26H28N4O4S/c1-15(2)25-29-30-23(27)19(24(31)28-26(30)35-25)13-18-7-9-21(22(14-18)32-5)34-11-10-33-20-8-6-16(3)12-17(20)4/h6-9,12-15,27H,10-11H2,1-5H3/b19-13-,27-23?. The van der Waals surface area contributed by atoms with Crippen LogP contribution in [0.3, 0.4) is 0 Å². The van der Waals surface area contributed by atoms with Crippen molar-refractivity contribution in [2.45, 2.75) is 27.7 Å². The third kappa shape index (κ3) is 5.40. The maximum Gasteiger partial charge on any atom is 0.283 e. The lowest BCUT2D eigenvalue weighted by molar-refractivity contribution is -0.114. The molecular weight excluding hydrogens is 464 g/mol. The molecule has 0 atom stereocenters. The number of aryl methyl sites for hydroxylation is 2. The van der Waals surface area contributed by atoms with Crippen molar-refractivity contribution < 1.29 is 19.0 Å². The van der Waals surface area contributed by atoms with E-state index in [1.807, 2.05) is 39.8 Å². The first-order chi connectivity index (χ1) is 16.8. The number of carbonyl (C=O) groups excluding carboxylic acids is 1. The van der Waals surface area contributed by atoms with Gasteiger partial charge in [0, 0.05) is 5.92 Å². The lowest BCUT2D eigenvalue weighted by Crippen LogP contribution is -2.35. The topological polar surface area (TPSA) is 96.6 Å². The van der Waals surface area contributed by atoms with E-state index in [9.17, 15) is 4.79 Å². The van der Waals surface area contributed by atoms with Crippen molar-refractivity contribution in [2.75, 3.05) is 20.3 Å². The van der Waals surface area contributed by atoms with E-state index < -0.39 is 5.91 Å². The summed E-state index contributed by atoms with van der Waals surface area (Å²) < 4.78 is 17.2. The second-order valence-corrected chi connectivity index (χ2v) is 9.48. The normalized spacial score (nSPS) is 16.4. The van der Waals surface area contributed by atoms with E-state index in [0.29, 0.717) is 35.4 Å². The molecule has 35 heavy (non-hydrogen) atoms. The fourth-order valence-corrected chi connectivity index (χ4v) is 4.46. The smallest absolute Gasteiger partial charge is 0.283 e. The first kappa shape index (κ1) is 24.5. The van der Waals surface area contributed by atoms with Crippen LogP contribution >= 0.6 is 11.8 Å². The molecule has 4 rings (SSSR count). The lowest BCUT2D eigenvalue weighted by atomic mass is 10.1. The fourth-order valence-electron chi connectivity index (χ4n) is 3.56. The van der Waals surface area contributed by atoms with E-state index in [-0.39, 0.29) is 17.3 Å². The van der Waals surface area contributed by atoms with Crippen LogP contribution in [0.4, 0.5) is 0 Å². The molecule has 0 bridgehead atoms. The Morgan fingerprint density at radius 3 is 2.46 bits per heavy atom. The van der Waals surface area contributed by atoms with E-state index in [1.54, 1.807) is 31.4 Å². The summed E-state index contributed by atoms with van der Waals surface area (Å²) in [4.78, 5) is 16.8. The summed E-state index contributed by atoms with van der Waals surface area (Å²) >= 11 is 1.33. The number of thioether (sulfide) groups is 1. The molecule has 2 heterocycles. The van der Waals surface area contributed by atoms with Gasteiger partial charge in [0.15, 0.2) is 17.3 Å². The van der Waals surface area contributed by atoms with Crippen LogP contribution in [-0.2, 0) is 4.79 Å². The molecule has 0 aromatic heterocycles. The van der Waals surface area contributed by atoms with Crippen molar-refractivity contribution in [2.24, 2.45) is 16.0 Å². The average Bonchev–Trinajstić information content (AvgIpc) is 3.25. The molecule has 0 spiro atoms. The van der Waals surface area contributed by atoms with Gasteiger partial charge >= 0.3 is 0 Å².